The van der Waals surface area contributed by atoms with E-state index in [1.807, 2.05) is 12.3 Å². The summed E-state index contributed by atoms with van der Waals surface area (Å²) in [6.45, 7) is 2.57. The number of pyridine rings is 1. The lowest BCUT2D eigenvalue weighted by atomic mass is 10.1. The molecule has 102 valence electrons. The Morgan fingerprint density at radius 3 is 3.10 bits per heavy atom. The van der Waals surface area contributed by atoms with E-state index >= 15 is 0 Å². The van der Waals surface area contributed by atoms with Crippen molar-refractivity contribution in [2.45, 2.75) is 13.5 Å². The molecule has 0 spiro atoms. The predicted molar refractivity (Wildman–Crippen MR) is 78.2 cm³/mol. The zero-order valence-corrected chi connectivity index (χ0v) is 11.8. The van der Waals surface area contributed by atoms with Gasteiger partial charge in [-0.05, 0) is 13.0 Å². The molecule has 0 saturated carbocycles. The lowest BCUT2D eigenvalue weighted by Gasteiger charge is -2.05. The van der Waals surface area contributed by atoms with E-state index in [2.05, 4.69) is 27.1 Å². The van der Waals surface area contributed by atoms with E-state index < -0.39 is 0 Å². The first-order valence-corrected chi connectivity index (χ1v) is 6.91. The number of thiazole rings is 1. The van der Waals surface area contributed by atoms with Crippen LogP contribution in [-0.4, -0.2) is 22.4 Å². The number of rotatable bonds is 3. The molecule has 2 aromatic heterocycles. The van der Waals surface area contributed by atoms with Crippen LogP contribution in [0.15, 0.2) is 23.8 Å². The number of carbonyl (C=O) groups excluding carboxylic acids is 1. The largest absolute Gasteiger partial charge is 0.346 e. The fraction of sp³-hybridized carbons (Fsp3) is 0.214. The number of carbonyl (C=O) groups is 1. The van der Waals surface area contributed by atoms with Crippen molar-refractivity contribution in [2.24, 2.45) is 5.73 Å². The van der Waals surface area contributed by atoms with Crippen LogP contribution in [0.5, 0.6) is 0 Å². The molecule has 0 aromatic carbocycles. The van der Waals surface area contributed by atoms with Gasteiger partial charge in [-0.1, -0.05) is 11.8 Å². The topological polar surface area (TPSA) is 80.9 Å². The number of nitrogens with two attached hydrogens (primary N) is 1. The van der Waals surface area contributed by atoms with Crippen LogP contribution in [0.4, 0.5) is 0 Å². The van der Waals surface area contributed by atoms with Gasteiger partial charge in [-0.25, -0.2) is 4.98 Å². The first kappa shape index (κ1) is 14.2. The van der Waals surface area contributed by atoms with Gasteiger partial charge in [0.05, 0.1) is 34.9 Å². The molecule has 3 N–H and O–H groups in total. The number of aromatic nitrogens is 2. The van der Waals surface area contributed by atoms with Crippen molar-refractivity contribution in [3.05, 3.63) is 45.7 Å². The molecule has 0 aliphatic carbocycles. The lowest BCUT2D eigenvalue weighted by Crippen LogP contribution is -2.24. The molecule has 5 nitrogen and oxygen atoms in total. The van der Waals surface area contributed by atoms with Crippen LogP contribution in [0.1, 0.15) is 26.6 Å². The highest BCUT2D eigenvalue weighted by atomic mass is 32.1. The van der Waals surface area contributed by atoms with E-state index in [1.165, 1.54) is 0 Å². The molecule has 20 heavy (non-hydrogen) atoms. The Balaban J connectivity index is 2.09. The Bertz CT molecular complexity index is 669. The Labute approximate surface area is 121 Å². The van der Waals surface area contributed by atoms with Gasteiger partial charge < -0.3 is 11.1 Å². The number of amides is 1. The molecule has 2 heterocycles. The zero-order valence-electron chi connectivity index (χ0n) is 11.0. The van der Waals surface area contributed by atoms with E-state index in [-0.39, 0.29) is 12.5 Å². The number of nitrogens with zero attached hydrogens (tertiary/aromatic N) is 2. The summed E-state index contributed by atoms with van der Waals surface area (Å²) in [5, 5.41) is 5.73. The third-order valence-corrected chi connectivity index (χ3v) is 3.31. The van der Waals surface area contributed by atoms with Crippen molar-refractivity contribution in [1.29, 1.82) is 0 Å². The van der Waals surface area contributed by atoms with Gasteiger partial charge in [-0.2, -0.15) is 0 Å². The third kappa shape index (κ3) is 3.63. The predicted octanol–water partition coefficient (Wildman–Crippen LogP) is 1.09. The first-order valence-electron chi connectivity index (χ1n) is 6.03. The van der Waals surface area contributed by atoms with Crippen molar-refractivity contribution in [3.63, 3.8) is 0 Å². The van der Waals surface area contributed by atoms with Crippen molar-refractivity contribution < 1.29 is 4.79 Å². The quantitative estimate of drug-likeness (QED) is 0.828. The molecule has 0 aliphatic heterocycles. The Hall–Kier alpha value is -2.23. The summed E-state index contributed by atoms with van der Waals surface area (Å²) >= 11 is 1.56. The van der Waals surface area contributed by atoms with Gasteiger partial charge >= 0.3 is 0 Å². The summed E-state index contributed by atoms with van der Waals surface area (Å²) < 4.78 is 0. The number of aryl methyl sites for hydroxylation is 1. The smallest absolute Gasteiger partial charge is 0.252 e. The molecular formula is C14H14N4OS. The summed E-state index contributed by atoms with van der Waals surface area (Å²) in [4.78, 5) is 20.4. The minimum atomic E-state index is -0.195. The second kappa shape index (κ2) is 6.80. The fourth-order valence-corrected chi connectivity index (χ4v) is 2.21. The maximum absolute atomic E-state index is 12.1. The second-order valence-electron chi connectivity index (χ2n) is 3.97. The standard InChI is InChI=1S/C14H14N4OS/c1-10-18-12(9-20-10)8-17-14(19)13-4-6-16-7-11(13)3-2-5-15/h4,6-7,9H,5,8,15H2,1H3,(H,17,19). The second-order valence-corrected chi connectivity index (χ2v) is 5.03. The Morgan fingerprint density at radius 2 is 2.40 bits per heavy atom. The molecule has 0 saturated heterocycles. The number of nitrogens with one attached hydrogen (secondary N) is 1. The maximum atomic E-state index is 12.1. The van der Waals surface area contributed by atoms with E-state index in [0.29, 0.717) is 17.7 Å². The number of hydrogen-bond donors (Lipinski definition) is 2. The number of hydrogen-bond acceptors (Lipinski definition) is 5. The molecule has 0 radical (unpaired) electrons. The monoisotopic (exact) mass is 286 g/mol. The van der Waals surface area contributed by atoms with Crippen molar-refractivity contribution in [3.8, 4) is 11.8 Å². The molecule has 0 atom stereocenters. The first-order chi connectivity index (χ1) is 9.70. The SMILES string of the molecule is Cc1nc(CNC(=O)c2ccncc2C#CCN)cs1. The summed E-state index contributed by atoms with van der Waals surface area (Å²) in [6, 6.07) is 1.64. The Kier molecular flexibility index (Phi) is 4.82. The normalized spacial score (nSPS) is 9.70. The molecule has 0 fully saturated rings. The maximum Gasteiger partial charge on any atom is 0.252 e. The molecule has 6 heteroatoms. The van der Waals surface area contributed by atoms with Gasteiger partial charge in [0, 0.05) is 17.8 Å². The molecule has 0 bridgehead atoms. The highest BCUT2D eigenvalue weighted by molar-refractivity contribution is 7.09. The minimum absolute atomic E-state index is 0.195. The van der Waals surface area contributed by atoms with Gasteiger partial charge in [-0.15, -0.1) is 11.3 Å². The molecule has 2 rings (SSSR count). The van der Waals surface area contributed by atoms with Gasteiger partial charge in [0.2, 0.25) is 0 Å². The van der Waals surface area contributed by atoms with Crippen LogP contribution < -0.4 is 11.1 Å². The van der Waals surface area contributed by atoms with Crippen molar-refractivity contribution in [1.82, 2.24) is 15.3 Å². The highest BCUT2D eigenvalue weighted by Crippen LogP contribution is 2.09. The summed E-state index contributed by atoms with van der Waals surface area (Å²) in [5.74, 6) is 5.37. The summed E-state index contributed by atoms with van der Waals surface area (Å²) in [7, 11) is 0. The molecule has 0 unspecified atom stereocenters. The molecule has 0 aliphatic rings. The van der Waals surface area contributed by atoms with Gasteiger partial charge in [0.25, 0.3) is 5.91 Å². The van der Waals surface area contributed by atoms with Crippen LogP contribution in [0.3, 0.4) is 0 Å². The van der Waals surface area contributed by atoms with Crippen LogP contribution in [0, 0.1) is 18.8 Å². The van der Waals surface area contributed by atoms with Gasteiger partial charge in [-0.3, -0.25) is 9.78 Å². The van der Waals surface area contributed by atoms with Crippen molar-refractivity contribution in [2.75, 3.05) is 6.54 Å². The van der Waals surface area contributed by atoms with E-state index in [1.54, 1.807) is 29.8 Å². The molecular weight excluding hydrogens is 272 g/mol. The Morgan fingerprint density at radius 1 is 1.55 bits per heavy atom. The van der Waals surface area contributed by atoms with Crippen LogP contribution >= 0.6 is 11.3 Å². The van der Waals surface area contributed by atoms with E-state index in [9.17, 15) is 4.79 Å². The molecule has 1 amide bonds. The average Bonchev–Trinajstić information content (AvgIpc) is 2.88. The van der Waals surface area contributed by atoms with Gasteiger partial charge in [0.15, 0.2) is 0 Å². The van der Waals surface area contributed by atoms with Crippen LogP contribution in [-0.2, 0) is 6.54 Å². The minimum Gasteiger partial charge on any atom is -0.346 e. The van der Waals surface area contributed by atoms with Gasteiger partial charge in [0.1, 0.15) is 0 Å². The third-order valence-electron chi connectivity index (χ3n) is 2.49. The molecule has 2 aromatic rings. The average molecular weight is 286 g/mol. The van der Waals surface area contributed by atoms with Crippen LogP contribution in [0.2, 0.25) is 0 Å². The zero-order chi connectivity index (χ0) is 14.4. The summed E-state index contributed by atoms with van der Waals surface area (Å²) in [5.41, 5.74) is 7.26. The van der Waals surface area contributed by atoms with E-state index in [4.69, 9.17) is 5.73 Å². The van der Waals surface area contributed by atoms with Crippen LogP contribution in [0.25, 0.3) is 0 Å². The highest BCUT2D eigenvalue weighted by Gasteiger charge is 2.10. The lowest BCUT2D eigenvalue weighted by molar-refractivity contribution is 0.0950. The summed E-state index contributed by atoms with van der Waals surface area (Å²) in [6.07, 6.45) is 3.13. The van der Waals surface area contributed by atoms with Crippen molar-refractivity contribution >= 4 is 17.2 Å². The van der Waals surface area contributed by atoms with E-state index in [0.717, 1.165) is 10.7 Å². The fourth-order valence-electron chi connectivity index (χ4n) is 1.59.